The first-order chi connectivity index (χ1) is 9.09. The Morgan fingerprint density at radius 3 is 2.58 bits per heavy atom. The fraction of sp³-hybridized carbons (Fsp3) is 0.214. The van der Waals surface area contributed by atoms with E-state index in [0.717, 1.165) is 5.56 Å². The minimum absolute atomic E-state index is 0.0327. The van der Waals surface area contributed by atoms with Crippen molar-refractivity contribution in [1.29, 1.82) is 0 Å². The molecule has 0 bridgehead atoms. The third-order valence-corrected chi connectivity index (χ3v) is 2.96. The molecule has 1 aromatic heterocycles. The van der Waals surface area contributed by atoms with E-state index in [2.05, 4.69) is 10.3 Å². The lowest BCUT2D eigenvalue weighted by molar-refractivity contribution is -0.384. The molecular formula is C14H15N3O2. The highest BCUT2D eigenvalue weighted by Crippen LogP contribution is 2.28. The fourth-order valence-electron chi connectivity index (χ4n) is 1.92. The summed E-state index contributed by atoms with van der Waals surface area (Å²) in [6, 6.07) is 11.3. The van der Waals surface area contributed by atoms with Crippen molar-refractivity contribution in [1.82, 2.24) is 4.98 Å². The number of aryl methyl sites for hydroxylation is 1. The second kappa shape index (κ2) is 5.48. The number of hydrogen-bond donors (Lipinski definition) is 1. The Kier molecular flexibility index (Phi) is 3.75. The Morgan fingerprint density at radius 2 is 1.95 bits per heavy atom. The Bertz CT molecular complexity index is 584. The molecule has 0 saturated carbocycles. The van der Waals surface area contributed by atoms with E-state index < -0.39 is 4.92 Å². The van der Waals surface area contributed by atoms with Crippen molar-refractivity contribution in [2.75, 3.05) is 5.32 Å². The second-order valence-corrected chi connectivity index (χ2v) is 4.36. The summed E-state index contributed by atoms with van der Waals surface area (Å²) in [7, 11) is 0. The maximum Gasteiger partial charge on any atom is 0.314 e. The lowest BCUT2D eigenvalue weighted by Gasteiger charge is -2.15. The van der Waals surface area contributed by atoms with E-state index in [-0.39, 0.29) is 11.7 Å². The summed E-state index contributed by atoms with van der Waals surface area (Å²) in [4.78, 5) is 14.8. The first-order valence-electron chi connectivity index (χ1n) is 6.01. The number of pyridine rings is 1. The van der Waals surface area contributed by atoms with Gasteiger partial charge in [0.15, 0.2) is 0 Å². The van der Waals surface area contributed by atoms with Crippen molar-refractivity contribution in [2.45, 2.75) is 19.9 Å². The van der Waals surface area contributed by atoms with E-state index in [0.29, 0.717) is 11.4 Å². The molecule has 0 amide bonds. The van der Waals surface area contributed by atoms with Crippen LogP contribution in [-0.2, 0) is 0 Å². The Morgan fingerprint density at radius 1 is 1.26 bits per heavy atom. The summed E-state index contributed by atoms with van der Waals surface area (Å²) < 4.78 is 0. The average molecular weight is 257 g/mol. The molecule has 1 heterocycles. The van der Waals surface area contributed by atoms with Gasteiger partial charge in [-0.2, -0.15) is 0 Å². The highest BCUT2D eigenvalue weighted by atomic mass is 16.6. The lowest BCUT2D eigenvalue weighted by atomic mass is 10.1. The molecule has 0 radical (unpaired) electrons. The quantitative estimate of drug-likeness (QED) is 0.672. The van der Waals surface area contributed by atoms with E-state index >= 15 is 0 Å². The number of nitro groups is 1. The zero-order valence-corrected chi connectivity index (χ0v) is 10.8. The molecule has 1 N–H and O–H groups in total. The van der Waals surface area contributed by atoms with E-state index in [1.54, 1.807) is 19.2 Å². The van der Waals surface area contributed by atoms with Crippen LogP contribution in [0.25, 0.3) is 0 Å². The number of benzene rings is 1. The van der Waals surface area contributed by atoms with Crippen LogP contribution in [0.1, 0.15) is 24.1 Å². The highest BCUT2D eigenvalue weighted by Gasteiger charge is 2.20. The van der Waals surface area contributed by atoms with Crippen LogP contribution in [0.3, 0.4) is 0 Å². The number of rotatable bonds is 4. The third kappa shape index (κ3) is 2.88. The molecule has 0 spiro atoms. The molecule has 2 rings (SSSR count). The average Bonchev–Trinajstić information content (AvgIpc) is 2.39. The number of nitrogens with zero attached hydrogens (tertiary/aromatic N) is 2. The summed E-state index contributed by atoms with van der Waals surface area (Å²) in [6.07, 6.45) is 1.57. The molecule has 0 aliphatic rings. The molecule has 19 heavy (non-hydrogen) atoms. The van der Waals surface area contributed by atoms with Gasteiger partial charge in [-0.3, -0.25) is 10.1 Å². The maximum absolute atomic E-state index is 11.1. The zero-order valence-electron chi connectivity index (χ0n) is 10.8. The van der Waals surface area contributed by atoms with Crippen LogP contribution < -0.4 is 5.32 Å². The van der Waals surface area contributed by atoms with Gasteiger partial charge in [-0.25, -0.2) is 4.98 Å². The molecule has 0 saturated heterocycles. The first kappa shape index (κ1) is 13.0. The van der Waals surface area contributed by atoms with Gasteiger partial charge in [-0.05, 0) is 25.5 Å². The predicted molar refractivity (Wildman–Crippen MR) is 74.1 cm³/mol. The van der Waals surface area contributed by atoms with E-state index in [9.17, 15) is 10.1 Å². The normalized spacial score (nSPS) is 11.9. The van der Waals surface area contributed by atoms with Gasteiger partial charge in [0.1, 0.15) is 0 Å². The van der Waals surface area contributed by atoms with Crippen LogP contribution in [0.5, 0.6) is 0 Å². The smallest absolute Gasteiger partial charge is 0.314 e. The molecule has 98 valence electrons. The van der Waals surface area contributed by atoms with Gasteiger partial charge in [0.05, 0.1) is 11.0 Å². The van der Waals surface area contributed by atoms with Gasteiger partial charge in [0, 0.05) is 11.8 Å². The Hall–Kier alpha value is -2.43. The van der Waals surface area contributed by atoms with Crippen molar-refractivity contribution in [2.24, 2.45) is 0 Å². The predicted octanol–water partition coefficient (Wildman–Crippen LogP) is 3.47. The fourth-order valence-corrected chi connectivity index (χ4v) is 1.92. The molecule has 0 aliphatic heterocycles. The molecular weight excluding hydrogens is 242 g/mol. The number of hydrogen-bond acceptors (Lipinski definition) is 4. The summed E-state index contributed by atoms with van der Waals surface area (Å²) in [6.45, 7) is 3.65. The van der Waals surface area contributed by atoms with Gasteiger partial charge in [0.25, 0.3) is 0 Å². The van der Waals surface area contributed by atoms with Crippen molar-refractivity contribution in [3.8, 4) is 0 Å². The van der Waals surface area contributed by atoms with Gasteiger partial charge < -0.3 is 5.32 Å². The Balaban J connectivity index is 2.29. The van der Waals surface area contributed by atoms with Gasteiger partial charge in [0.2, 0.25) is 5.82 Å². The van der Waals surface area contributed by atoms with Crippen LogP contribution in [0, 0.1) is 17.0 Å². The monoisotopic (exact) mass is 257 g/mol. The van der Waals surface area contributed by atoms with Gasteiger partial charge >= 0.3 is 5.69 Å². The SMILES string of the molecule is Cc1ccnc(NC(C)c2ccccc2)c1[N+](=O)[O-]. The van der Waals surface area contributed by atoms with Crippen molar-refractivity contribution in [3.63, 3.8) is 0 Å². The zero-order chi connectivity index (χ0) is 13.8. The second-order valence-electron chi connectivity index (χ2n) is 4.36. The summed E-state index contributed by atoms with van der Waals surface area (Å²) in [5.41, 5.74) is 1.69. The Labute approximate surface area is 111 Å². The van der Waals surface area contributed by atoms with E-state index in [1.165, 1.54) is 0 Å². The molecule has 5 heteroatoms. The molecule has 1 atom stereocenters. The molecule has 0 fully saturated rings. The van der Waals surface area contributed by atoms with Crippen molar-refractivity contribution < 1.29 is 4.92 Å². The standard InChI is InChI=1S/C14H15N3O2/c1-10-8-9-15-14(13(10)17(18)19)16-11(2)12-6-4-3-5-7-12/h3-9,11H,1-2H3,(H,15,16). The highest BCUT2D eigenvalue weighted by molar-refractivity contribution is 5.60. The molecule has 1 unspecified atom stereocenters. The lowest BCUT2D eigenvalue weighted by Crippen LogP contribution is -2.10. The first-order valence-corrected chi connectivity index (χ1v) is 6.01. The summed E-state index contributed by atoms with van der Waals surface area (Å²) in [5.74, 6) is 0.307. The summed E-state index contributed by atoms with van der Waals surface area (Å²) in [5, 5.41) is 14.2. The van der Waals surface area contributed by atoms with Gasteiger partial charge in [-0.1, -0.05) is 30.3 Å². The van der Waals surface area contributed by atoms with Crippen molar-refractivity contribution in [3.05, 3.63) is 63.8 Å². The van der Waals surface area contributed by atoms with Crippen molar-refractivity contribution >= 4 is 11.5 Å². The van der Waals surface area contributed by atoms with Crippen LogP contribution in [-0.4, -0.2) is 9.91 Å². The topological polar surface area (TPSA) is 68.1 Å². The van der Waals surface area contributed by atoms with Crippen LogP contribution in [0.4, 0.5) is 11.5 Å². The summed E-state index contributed by atoms with van der Waals surface area (Å²) >= 11 is 0. The van der Waals surface area contributed by atoms with Crippen LogP contribution in [0.15, 0.2) is 42.6 Å². The van der Waals surface area contributed by atoms with E-state index in [4.69, 9.17) is 0 Å². The molecule has 0 aliphatic carbocycles. The third-order valence-electron chi connectivity index (χ3n) is 2.96. The molecule has 1 aromatic carbocycles. The minimum Gasteiger partial charge on any atom is -0.358 e. The number of nitrogens with one attached hydrogen (secondary N) is 1. The van der Waals surface area contributed by atoms with Gasteiger partial charge in [-0.15, -0.1) is 0 Å². The largest absolute Gasteiger partial charge is 0.358 e. The molecule has 2 aromatic rings. The van der Waals surface area contributed by atoms with Crippen LogP contribution in [0.2, 0.25) is 0 Å². The minimum atomic E-state index is -0.400. The number of aromatic nitrogens is 1. The molecule has 5 nitrogen and oxygen atoms in total. The maximum atomic E-state index is 11.1. The number of anilines is 1. The van der Waals surface area contributed by atoms with E-state index in [1.807, 2.05) is 37.3 Å². The van der Waals surface area contributed by atoms with Crippen LogP contribution >= 0.6 is 0 Å².